The van der Waals surface area contributed by atoms with Gasteiger partial charge in [0, 0.05) is 5.56 Å². The van der Waals surface area contributed by atoms with E-state index in [2.05, 4.69) is 0 Å². The molecule has 23 heavy (non-hydrogen) atoms. The van der Waals surface area contributed by atoms with Gasteiger partial charge >= 0.3 is 0 Å². The standard InChI is InChI=1S/C18H29NO4/c1-3-9-18(23,10-4-2)17(22)16(21)14-7-5-6-13(12-14)15(20)8-11-19/h5-7,12,15,17,20,22-23H,3-4,8-11,19H2,1-2H3. The van der Waals surface area contributed by atoms with Gasteiger partial charge in [0.1, 0.15) is 6.10 Å². The Labute approximate surface area is 138 Å². The van der Waals surface area contributed by atoms with Crippen LogP contribution in [0.4, 0.5) is 0 Å². The number of ketones is 1. The van der Waals surface area contributed by atoms with E-state index in [-0.39, 0.29) is 5.56 Å². The van der Waals surface area contributed by atoms with E-state index in [0.29, 0.717) is 44.2 Å². The van der Waals surface area contributed by atoms with Gasteiger partial charge in [-0.25, -0.2) is 0 Å². The Morgan fingerprint density at radius 3 is 2.35 bits per heavy atom. The van der Waals surface area contributed by atoms with Crippen molar-refractivity contribution in [2.24, 2.45) is 5.73 Å². The van der Waals surface area contributed by atoms with E-state index < -0.39 is 23.6 Å². The van der Waals surface area contributed by atoms with Crippen LogP contribution in [0, 0.1) is 0 Å². The molecule has 0 aliphatic carbocycles. The van der Waals surface area contributed by atoms with Crippen LogP contribution in [0.5, 0.6) is 0 Å². The van der Waals surface area contributed by atoms with E-state index in [0.717, 1.165) is 0 Å². The van der Waals surface area contributed by atoms with Crippen molar-refractivity contribution in [2.75, 3.05) is 6.54 Å². The number of Topliss-reactive ketones (excluding diaryl/α,β-unsaturated/α-hetero) is 1. The number of hydrogen-bond acceptors (Lipinski definition) is 5. The second-order valence-electron chi connectivity index (χ2n) is 6.09. The van der Waals surface area contributed by atoms with Crippen LogP contribution in [0.3, 0.4) is 0 Å². The zero-order valence-corrected chi connectivity index (χ0v) is 14.0. The maximum Gasteiger partial charge on any atom is 0.194 e. The van der Waals surface area contributed by atoms with Crippen molar-refractivity contribution < 1.29 is 20.1 Å². The highest BCUT2D eigenvalue weighted by Crippen LogP contribution is 2.27. The summed E-state index contributed by atoms with van der Waals surface area (Å²) in [6.45, 7) is 4.15. The molecule has 1 rings (SSSR count). The average molecular weight is 323 g/mol. The number of nitrogens with two attached hydrogens (primary N) is 1. The van der Waals surface area contributed by atoms with Crippen LogP contribution in [0.25, 0.3) is 0 Å². The fourth-order valence-corrected chi connectivity index (χ4v) is 2.89. The zero-order chi connectivity index (χ0) is 17.5. The molecule has 1 aromatic rings. The van der Waals surface area contributed by atoms with Crippen LogP contribution in [0.15, 0.2) is 24.3 Å². The largest absolute Gasteiger partial charge is 0.388 e. The van der Waals surface area contributed by atoms with E-state index in [1.165, 1.54) is 0 Å². The molecule has 0 fully saturated rings. The van der Waals surface area contributed by atoms with Gasteiger partial charge in [0.15, 0.2) is 5.78 Å². The van der Waals surface area contributed by atoms with Crippen LogP contribution in [-0.4, -0.2) is 39.4 Å². The second-order valence-corrected chi connectivity index (χ2v) is 6.09. The van der Waals surface area contributed by atoms with Gasteiger partial charge in [0.05, 0.1) is 11.7 Å². The topological polar surface area (TPSA) is 104 Å². The van der Waals surface area contributed by atoms with Crippen LogP contribution in [-0.2, 0) is 0 Å². The summed E-state index contributed by atoms with van der Waals surface area (Å²) in [6.07, 6.45) is 0.272. The summed E-state index contributed by atoms with van der Waals surface area (Å²) in [5.41, 5.74) is 4.90. The van der Waals surface area contributed by atoms with E-state index >= 15 is 0 Å². The molecule has 0 aromatic heterocycles. The summed E-state index contributed by atoms with van der Waals surface area (Å²) in [7, 11) is 0. The van der Waals surface area contributed by atoms with Gasteiger partial charge in [-0.15, -0.1) is 0 Å². The highest BCUT2D eigenvalue weighted by Gasteiger charge is 2.39. The molecule has 0 radical (unpaired) electrons. The van der Waals surface area contributed by atoms with E-state index in [9.17, 15) is 20.1 Å². The Morgan fingerprint density at radius 1 is 1.22 bits per heavy atom. The Hall–Kier alpha value is -1.27. The summed E-state index contributed by atoms with van der Waals surface area (Å²) in [4.78, 5) is 12.6. The molecule has 1 aromatic carbocycles. The first-order valence-corrected chi connectivity index (χ1v) is 8.32. The number of hydrogen-bond donors (Lipinski definition) is 4. The number of rotatable bonds is 10. The summed E-state index contributed by atoms with van der Waals surface area (Å²) in [5, 5.41) is 31.0. The van der Waals surface area contributed by atoms with Crippen molar-refractivity contribution in [1.29, 1.82) is 0 Å². The molecule has 0 heterocycles. The van der Waals surface area contributed by atoms with Gasteiger partial charge in [-0.1, -0.05) is 44.9 Å². The van der Waals surface area contributed by atoms with Crippen LogP contribution in [0.2, 0.25) is 0 Å². The molecule has 0 amide bonds. The molecule has 130 valence electrons. The first-order chi connectivity index (χ1) is 10.9. The van der Waals surface area contributed by atoms with Crippen molar-refractivity contribution in [1.82, 2.24) is 0 Å². The number of carbonyl (C=O) groups is 1. The quantitative estimate of drug-likeness (QED) is 0.493. The molecule has 5 heteroatoms. The first kappa shape index (κ1) is 19.8. The number of aliphatic hydroxyl groups is 3. The molecule has 5 nitrogen and oxygen atoms in total. The van der Waals surface area contributed by atoms with Crippen molar-refractivity contribution in [3.05, 3.63) is 35.4 Å². The molecule has 0 aliphatic rings. The predicted octanol–water partition coefficient (Wildman–Crippen LogP) is 1.94. The molecule has 2 unspecified atom stereocenters. The molecule has 0 saturated carbocycles. The maximum atomic E-state index is 12.6. The van der Waals surface area contributed by atoms with Crippen molar-refractivity contribution in [3.8, 4) is 0 Å². The molecule has 0 aliphatic heterocycles. The summed E-state index contributed by atoms with van der Waals surface area (Å²) in [5.74, 6) is -0.517. The third-order valence-electron chi connectivity index (χ3n) is 4.12. The van der Waals surface area contributed by atoms with Gasteiger partial charge in [0.25, 0.3) is 0 Å². The summed E-state index contributed by atoms with van der Waals surface area (Å²) < 4.78 is 0. The smallest absolute Gasteiger partial charge is 0.194 e. The van der Waals surface area contributed by atoms with Gasteiger partial charge in [-0.3, -0.25) is 4.79 Å². The van der Waals surface area contributed by atoms with Gasteiger partial charge in [-0.2, -0.15) is 0 Å². The number of aliphatic hydroxyl groups excluding tert-OH is 2. The monoisotopic (exact) mass is 323 g/mol. The predicted molar refractivity (Wildman–Crippen MR) is 90.2 cm³/mol. The lowest BCUT2D eigenvalue weighted by Gasteiger charge is -2.32. The molecular weight excluding hydrogens is 294 g/mol. The SMILES string of the molecule is CCCC(O)(CCC)C(O)C(=O)c1cccc(C(O)CCN)c1. The normalized spacial score (nSPS) is 14.5. The third kappa shape index (κ3) is 5.11. The Kier molecular flexibility index (Phi) is 7.85. The minimum Gasteiger partial charge on any atom is -0.388 e. The molecule has 5 N–H and O–H groups in total. The lowest BCUT2D eigenvalue weighted by Crippen LogP contribution is -2.47. The van der Waals surface area contributed by atoms with Crippen LogP contribution >= 0.6 is 0 Å². The highest BCUT2D eigenvalue weighted by molar-refractivity contribution is 6.00. The molecule has 2 atom stereocenters. The minimum absolute atomic E-state index is 0.289. The first-order valence-electron chi connectivity index (χ1n) is 8.32. The fourth-order valence-electron chi connectivity index (χ4n) is 2.89. The summed E-state index contributed by atoms with van der Waals surface area (Å²) in [6, 6.07) is 6.52. The van der Waals surface area contributed by atoms with Gasteiger partial charge in [0.2, 0.25) is 0 Å². The number of carbonyl (C=O) groups excluding carboxylic acids is 1. The Morgan fingerprint density at radius 2 is 1.83 bits per heavy atom. The molecular formula is C18H29NO4. The lowest BCUT2D eigenvalue weighted by molar-refractivity contribution is -0.0694. The number of benzene rings is 1. The van der Waals surface area contributed by atoms with E-state index in [4.69, 9.17) is 5.73 Å². The van der Waals surface area contributed by atoms with Crippen LogP contribution < -0.4 is 5.73 Å². The summed E-state index contributed by atoms with van der Waals surface area (Å²) >= 11 is 0. The van der Waals surface area contributed by atoms with Crippen LogP contribution in [0.1, 0.15) is 68.0 Å². The molecule has 0 saturated heterocycles. The molecule has 0 bridgehead atoms. The lowest BCUT2D eigenvalue weighted by atomic mass is 9.83. The minimum atomic E-state index is -1.47. The highest BCUT2D eigenvalue weighted by atomic mass is 16.3. The van der Waals surface area contributed by atoms with E-state index in [1.807, 2.05) is 13.8 Å². The van der Waals surface area contributed by atoms with Crippen molar-refractivity contribution in [2.45, 2.75) is 63.8 Å². The zero-order valence-electron chi connectivity index (χ0n) is 14.0. The Bertz CT molecular complexity index is 498. The Balaban J connectivity index is 3.01. The van der Waals surface area contributed by atoms with Gasteiger partial charge in [-0.05, 0) is 37.4 Å². The second kappa shape index (κ2) is 9.13. The van der Waals surface area contributed by atoms with E-state index in [1.54, 1.807) is 24.3 Å². The fraction of sp³-hybridized carbons (Fsp3) is 0.611. The van der Waals surface area contributed by atoms with Crippen molar-refractivity contribution >= 4 is 5.78 Å². The third-order valence-corrected chi connectivity index (χ3v) is 4.12. The van der Waals surface area contributed by atoms with Gasteiger partial charge < -0.3 is 21.1 Å². The molecule has 0 spiro atoms. The maximum absolute atomic E-state index is 12.6. The average Bonchev–Trinajstić information content (AvgIpc) is 2.54. The van der Waals surface area contributed by atoms with Crippen molar-refractivity contribution in [3.63, 3.8) is 0 Å².